The highest BCUT2D eigenvalue weighted by atomic mass is 35.5. The predicted octanol–water partition coefficient (Wildman–Crippen LogP) is 2.64. The third-order valence-corrected chi connectivity index (χ3v) is 5.39. The molecule has 1 aliphatic heterocycles. The van der Waals surface area contributed by atoms with Crippen LogP contribution in [-0.4, -0.2) is 63.8 Å². The van der Waals surface area contributed by atoms with Crippen LogP contribution in [0.15, 0.2) is 24.7 Å². The van der Waals surface area contributed by atoms with Crippen molar-refractivity contribution in [1.82, 2.24) is 24.6 Å². The van der Waals surface area contributed by atoms with Gasteiger partial charge in [-0.25, -0.2) is 9.97 Å². The molecule has 0 N–H and O–H groups in total. The van der Waals surface area contributed by atoms with E-state index in [9.17, 15) is 4.79 Å². The minimum Gasteiger partial charge on any atom is -0.494 e. The Hall–Kier alpha value is -2.58. The zero-order valence-electron chi connectivity index (χ0n) is 15.4. The third-order valence-electron chi connectivity index (χ3n) is 4.82. The van der Waals surface area contributed by atoms with Crippen LogP contribution in [0.2, 0.25) is 10.0 Å². The van der Waals surface area contributed by atoms with Gasteiger partial charge in [0.25, 0.3) is 5.91 Å². The summed E-state index contributed by atoms with van der Waals surface area (Å²) in [5.74, 6) is 1.09. The molecule has 1 aromatic carbocycles. The standard InChI is InChI=1S/C18H18Cl2N6O2/c1-24-16-12(9-23-24)17(22-10-21-16)25-3-5-26(6-4-25)18(27)11-7-13(19)15(28-2)14(20)8-11/h7-10H,3-6H2,1-2H3. The fourth-order valence-electron chi connectivity index (χ4n) is 3.38. The van der Waals surface area contributed by atoms with Crippen molar-refractivity contribution in [2.24, 2.45) is 7.05 Å². The number of benzene rings is 1. The van der Waals surface area contributed by atoms with Gasteiger partial charge in [-0.3, -0.25) is 9.48 Å². The van der Waals surface area contributed by atoms with E-state index in [0.717, 1.165) is 16.9 Å². The van der Waals surface area contributed by atoms with E-state index >= 15 is 0 Å². The van der Waals surface area contributed by atoms with Crippen molar-refractivity contribution in [2.75, 3.05) is 38.2 Å². The Morgan fingerprint density at radius 3 is 2.43 bits per heavy atom. The SMILES string of the molecule is COc1c(Cl)cc(C(=O)N2CCN(c3ncnc4c3cnn4C)CC2)cc1Cl. The Labute approximate surface area is 171 Å². The molecule has 0 unspecified atom stereocenters. The van der Waals surface area contributed by atoms with E-state index in [1.54, 1.807) is 27.9 Å². The molecule has 0 bridgehead atoms. The number of rotatable bonds is 3. The number of anilines is 1. The summed E-state index contributed by atoms with van der Waals surface area (Å²) in [6, 6.07) is 3.18. The molecule has 3 aromatic rings. The zero-order valence-corrected chi connectivity index (χ0v) is 16.9. The molecule has 0 saturated carbocycles. The lowest BCUT2D eigenvalue weighted by Gasteiger charge is -2.35. The second-order valence-corrected chi connectivity index (χ2v) is 7.27. The molecule has 2 aromatic heterocycles. The second-order valence-electron chi connectivity index (χ2n) is 6.46. The maximum atomic E-state index is 12.9. The highest BCUT2D eigenvalue weighted by molar-refractivity contribution is 6.37. The van der Waals surface area contributed by atoms with E-state index in [1.807, 2.05) is 7.05 Å². The number of aromatic nitrogens is 4. The van der Waals surface area contributed by atoms with Gasteiger partial charge in [0, 0.05) is 38.8 Å². The fourth-order valence-corrected chi connectivity index (χ4v) is 4.03. The molecular formula is C18H18Cl2N6O2. The van der Waals surface area contributed by atoms with Gasteiger partial charge in [0.2, 0.25) is 0 Å². The molecule has 0 atom stereocenters. The highest BCUT2D eigenvalue weighted by Crippen LogP contribution is 2.34. The summed E-state index contributed by atoms with van der Waals surface area (Å²) in [6.45, 7) is 2.44. The summed E-state index contributed by atoms with van der Waals surface area (Å²) in [5, 5.41) is 5.79. The van der Waals surface area contributed by atoms with E-state index in [1.165, 1.54) is 13.4 Å². The number of fused-ring (bicyclic) bond motifs is 1. The third kappa shape index (κ3) is 3.22. The molecule has 0 radical (unpaired) electrons. The lowest BCUT2D eigenvalue weighted by molar-refractivity contribution is 0.0746. The maximum absolute atomic E-state index is 12.9. The van der Waals surface area contributed by atoms with Crippen molar-refractivity contribution >= 4 is 46.0 Å². The second kappa shape index (κ2) is 7.44. The lowest BCUT2D eigenvalue weighted by atomic mass is 10.1. The Morgan fingerprint density at radius 2 is 1.79 bits per heavy atom. The van der Waals surface area contributed by atoms with Crippen molar-refractivity contribution in [1.29, 1.82) is 0 Å². The molecular weight excluding hydrogens is 403 g/mol. The number of nitrogens with zero attached hydrogens (tertiary/aromatic N) is 6. The zero-order chi connectivity index (χ0) is 19.8. The van der Waals surface area contributed by atoms with E-state index in [0.29, 0.717) is 47.5 Å². The van der Waals surface area contributed by atoms with Crippen molar-refractivity contribution in [3.63, 3.8) is 0 Å². The first-order valence-corrected chi connectivity index (χ1v) is 9.45. The average molecular weight is 421 g/mol. The number of aryl methyl sites for hydroxylation is 1. The Morgan fingerprint density at radius 1 is 1.11 bits per heavy atom. The number of ether oxygens (including phenoxy) is 1. The summed E-state index contributed by atoms with van der Waals surface area (Å²) in [4.78, 5) is 25.5. The number of carbonyl (C=O) groups excluding carboxylic acids is 1. The quantitative estimate of drug-likeness (QED) is 0.647. The number of hydrogen-bond donors (Lipinski definition) is 0. The Kier molecular flexibility index (Phi) is 4.99. The molecule has 1 fully saturated rings. The van der Waals surface area contributed by atoms with Gasteiger partial charge < -0.3 is 14.5 Å². The number of methoxy groups -OCH3 is 1. The topological polar surface area (TPSA) is 76.4 Å². The lowest BCUT2D eigenvalue weighted by Crippen LogP contribution is -2.49. The fraction of sp³-hybridized carbons (Fsp3) is 0.333. The average Bonchev–Trinajstić information content (AvgIpc) is 3.08. The van der Waals surface area contributed by atoms with Crippen molar-refractivity contribution in [3.8, 4) is 5.75 Å². The molecule has 0 spiro atoms. The molecule has 3 heterocycles. The van der Waals surface area contributed by atoms with Crippen LogP contribution in [0.4, 0.5) is 5.82 Å². The molecule has 1 amide bonds. The molecule has 1 saturated heterocycles. The summed E-state index contributed by atoms with van der Waals surface area (Å²) < 4.78 is 6.86. The monoisotopic (exact) mass is 420 g/mol. The minimum absolute atomic E-state index is 0.111. The largest absolute Gasteiger partial charge is 0.494 e. The van der Waals surface area contributed by atoms with Crippen LogP contribution in [0.1, 0.15) is 10.4 Å². The molecule has 8 nitrogen and oxygen atoms in total. The van der Waals surface area contributed by atoms with E-state index in [2.05, 4.69) is 20.0 Å². The van der Waals surface area contributed by atoms with Gasteiger partial charge in [-0.1, -0.05) is 23.2 Å². The minimum atomic E-state index is -0.111. The number of halogens is 2. The Bertz CT molecular complexity index is 1020. The van der Waals surface area contributed by atoms with Crippen LogP contribution in [0, 0.1) is 0 Å². The van der Waals surface area contributed by atoms with E-state index < -0.39 is 0 Å². The first-order chi connectivity index (χ1) is 13.5. The van der Waals surface area contributed by atoms with Gasteiger partial charge in [-0.15, -0.1) is 0 Å². The van der Waals surface area contributed by atoms with Crippen molar-refractivity contribution in [2.45, 2.75) is 0 Å². The number of piperazine rings is 1. The van der Waals surface area contributed by atoms with Crippen LogP contribution in [0.3, 0.4) is 0 Å². The summed E-state index contributed by atoms with van der Waals surface area (Å²) in [6.07, 6.45) is 3.31. The molecule has 28 heavy (non-hydrogen) atoms. The first-order valence-electron chi connectivity index (χ1n) is 8.69. The smallest absolute Gasteiger partial charge is 0.254 e. The van der Waals surface area contributed by atoms with Gasteiger partial charge in [-0.05, 0) is 12.1 Å². The Balaban J connectivity index is 1.50. The molecule has 10 heteroatoms. The normalized spacial score (nSPS) is 14.6. The molecule has 146 valence electrons. The molecule has 0 aliphatic carbocycles. The van der Waals surface area contributed by atoms with Gasteiger partial charge in [0.05, 0.1) is 28.7 Å². The van der Waals surface area contributed by atoms with E-state index in [4.69, 9.17) is 27.9 Å². The van der Waals surface area contributed by atoms with Gasteiger partial charge in [-0.2, -0.15) is 5.10 Å². The van der Waals surface area contributed by atoms with Crippen molar-refractivity contribution in [3.05, 3.63) is 40.3 Å². The van der Waals surface area contributed by atoms with Crippen LogP contribution in [0.5, 0.6) is 5.75 Å². The number of hydrogen-bond acceptors (Lipinski definition) is 6. The van der Waals surface area contributed by atoms with Crippen LogP contribution in [-0.2, 0) is 7.05 Å². The summed E-state index contributed by atoms with van der Waals surface area (Å²) >= 11 is 12.3. The van der Waals surface area contributed by atoms with Gasteiger partial charge in [0.1, 0.15) is 12.1 Å². The van der Waals surface area contributed by atoms with E-state index in [-0.39, 0.29) is 5.91 Å². The van der Waals surface area contributed by atoms with Gasteiger partial charge >= 0.3 is 0 Å². The predicted molar refractivity (Wildman–Crippen MR) is 107 cm³/mol. The number of carbonyl (C=O) groups is 1. The maximum Gasteiger partial charge on any atom is 0.254 e. The number of amides is 1. The molecule has 1 aliphatic rings. The molecule has 4 rings (SSSR count). The highest BCUT2D eigenvalue weighted by Gasteiger charge is 2.25. The summed E-state index contributed by atoms with van der Waals surface area (Å²) in [5.41, 5.74) is 1.23. The van der Waals surface area contributed by atoms with Crippen molar-refractivity contribution < 1.29 is 9.53 Å². The van der Waals surface area contributed by atoms with Crippen LogP contribution < -0.4 is 9.64 Å². The van der Waals surface area contributed by atoms with Crippen LogP contribution in [0.25, 0.3) is 11.0 Å². The first kappa shape index (κ1) is 18.8. The van der Waals surface area contributed by atoms with Gasteiger partial charge in [0.15, 0.2) is 11.4 Å². The van der Waals surface area contributed by atoms with Crippen LogP contribution >= 0.6 is 23.2 Å². The summed E-state index contributed by atoms with van der Waals surface area (Å²) in [7, 11) is 3.33.